The highest BCUT2D eigenvalue weighted by Crippen LogP contribution is 2.24. The minimum Gasteiger partial charge on any atom is -0.368 e. The minimum absolute atomic E-state index is 0.0995. The summed E-state index contributed by atoms with van der Waals surface area (Å²) < 4.78 is 26.4. The van der Waals surface area contributed by atoms with Crippen molar-refractivity contribution >= 4 is 5.91 Å². The van der Waals surface area contributed by atoms with Crippen molar-refractivity contribution in [2.75, 3.05) is 7.05 Å². The molecule has 0 heterocycles. The molecule has 1 aromatic carbocycles. The summed E-state index contributed by atoms with van der Waals surface area (Å²) >= 11 is 0. The summed E-state index contributed by atoms with van der Waals surface area (Å²) in [6, 6.07) is 3.63. The fraction of sp³-hybridized carbons (Fsp3) is 0.300. The number of hydrogen-bond acceptors (Lipinski definition) is 2. The molecule has 1 atom stereocenters. The lowest BCUT2D eigenvalue weighted by atomic mass is 9.91. The number of hydrogen-bond donors (Lipinski definition) is 2. The normalized spacial score (nSPS) is 14.7. The molecule has 15 heavy (non-hydrogen) atoms. The van der Waals surface area contributed by atoms with Gasteiger partial charge in [0.25, 0.3) is 0 Å². The number of carbonyl (C=O) groups excluding carboxylic acids is 1. The van der Waals surface area contributed by atoms with E-state index >= 15 is 0 Å². The fourth-order valence-corrected chi connectivity index (χ4v) is 1.28. The lowest BCUT2D eigenvalue weighted by molar-refractivity contribution is -0.124. The Morgan fingerprint density at radius 1 is 1.47 bits per heavy atom. The van der Waals surface area contributed by atoms with Gasteiger partial charge in [0.05, 0.1) is 0 Å². The molecule has 3 nitrogen and oxygen atoms in total. The van der Waals surface area contributed by atoms with Crippen LogP contribution in [0, 0.1) is 11.6 Å². The summed E-state index contributed by atoms with van der Waals surface area (Å²) in [4.78, 5) is 11.2. The Bertz CT molecular complexity index is 395. The molecule has 1 rings (SSSR count). The van der Waals surface area contributed by atoms with Gasteiger partial charge in [0.2, 0.25) is 5.91 Å². The van der Waals surface area contributed by atoms with E-state index in [4.69, 9.17) is 5.73 Å². The smallest absolute Gasteiger partial charge is 0.242 e. The van der Waals surface area contributed by atoms with E-state index in [-0.39, 0.29) is 5.56 Å². The van der Waals surface area contributed by atoms with Gasteiger partial charge < -0.3 is 11.1 Å². The van der Waals surface area contributed by atoms with Crippen LogP contribution in [0.5, 0.6) is 0 Å². The number of nitrogens with two attached hydrogens (primary N) is 1. The van der Waals surface area contributed by atoms with Crippen molar-refractivity contribution in [2.45, 2.75) is 12.5 Å². The number of primary amides is 1. The second-order valence-electron chi connectivity index (χ2n) is 3.34. The maximum Gasteiger partial charge on any atom is 0.242 e. The maximum absolute atomic E-state index is 13.4. The molecule has 0 saturated carbocycles. The summed E-state index contributed by atoms with van der Waals surface area (Å²) in [5.74, 6) is -2.84. The van der Waals surface area contributed by atoms with Crippen molar-refractivity contribution in [1.82, 2.24) is 5.32 Å². The Balaban J connectivity index is 3.37. The molecule has 82 valence electrons. The molecule has 3 N–H and O–H groups in total. The van der Waals surface area contributed by atoms with E-state index in [2.05, 4.69) is 5.32 Å². The molecule has 1 aromatic rings. The number of amides is 1. The van der Waals surface area contributed by atoms with E-state index in [1.165, 1.54) is 26.1 Å². The zero-order valence-electron chi connectivity index (χ0n) is 8.47. The molecule has 5 heteroatoms. The first-order chi connectivity index (χ1) is 6.93. The Hall–Kier alpha value is -1.49. The zero-order valence-corrected chi connectivity index (χ0v) is 8.47. The van der Waals surface area contributed by atoms with E-state index in [1.54, 1.807) is 0 Å². The van der Waals surface area contributed by atoms with Gasteiger partial charge in [-0.3, -0.25) is 4.79 Å². The Kier molecular flexibility index (Phi) is 3.04. The van der Waals surface area contributed by atoms with Gasteiger partial charge in [-0.05, 0) is 20.0 Å². The molecule has 0 aliphatic heterocycles. The number of rotatable bonds is 3. The number of halogens is 2. The van der Waals surface area contributed by atoms with Crippen molar-refractivity contribution < 1.29 is 13.6 Å². The van der Waals surface area contributed by atoms with E-state index < -0.39 is 23.1 Å². The summed E-state index contributed by atoms with van der Waals surface area (Å²) in [5, 5.41) is 2.58. The van der Waals surface area contributed by atoms with Gasteiger partial charge in [-0.2, -0.15) is 0 Å². The van der Waals surface area contributed by atoms with E-state index in [1.807, 2.05) is 0 Å². The molecule has 0 aliphatic carbocycles. The van der Waals surface area contributed by atoms with Crippen molar-refractivity contribution in [3.05, 3.63) is 35.4 Å². The van der Waals surface area contributed by atoms with Crippen LogP contribution < -0.4 is 11.1 Å². The Labute approximate surface area is 86.3 Å². The van der Waals surface area contributed by atoms with Crippen LogP contribution >= 0.6 is 0 Å². The van der Waals surface area contributed by atoms with E-state index in [9.17, 15) is 13.6 Å². The molecule has 0 bridgehead atoms. The first kappa shape index (κ1) is 11.6. The summed E-state index contributed by atoms with van der Waals surface area (Å²) in [7, 11) is 1.45. The van der Waals surface area contributed by atoms with Crippen molar-refractivity contribution in [2.24, 2.45) is 5.73 Å². The highest BCUT2D eigenvalue weighted by molar-refractivity contribution is 5.85. The Morgan fingerprint density at radius 2 is 2.07 bits per heavy atom. The highest BCUT2D eigenvalue weighted by Gasteiger charge is 2.34. The fourth-order valence-electron chi connectivity index (χ4n) is 1.28. The first-order valence-corrected chi connectivity index (χ1v) is 4.36. The molecule has 0 aromatic heterocycles. The SMILES string of the molecule is CNC(C)(C(N)=O)c1cccc(F)c1F. The topological polar surface area (TPSA) is 55.1 Å². The number of benzene rings is 1. The monoisotopic (exact) mass is 214 g/mol. The van der Waals surface area contributed by atoms with Gasteiger partial charge in [-0.15, -0.1) is 0 Å². The average molecular weight is 214 g/mol. The largest absolute Gasteiger partial charge is 0.368 e. The van der Waals surface area contributed by atoms with Crippen LogP contribution in [0.2, 0.25) is 0 Å². The van der Waals surface area contributed by atoms with Crippen molar-refractivity contribution in [3.63, 3.8) is 0 Å². The first-order valence-electron chi connectivity index (χ1n) is 4.36. The Morgan fingerprint density at radius 3 is 2.53 bits per heavy atom. The second-order valence-corrected chi connectivity index (χ2v) is 3.34. The predicted molar refractivity (Wildman–Crippen MR) is 52.0 cm³/mol. The minimum atomic E-state index is -1.41. The van der Waals surface area contributed by atoms with Crippen molar-refractivity contribution in [1.29, 1.82) is 0 Å². The number of likely N-dealkylation sites (N-methyl/N-ethyl adjacent to an activating group) is 1. The quantitative estimate of drug-likeness (QED) is 0.785. The second kappa shape index (κ2) is 3.94. The molecule has 0 radical (unpaired) electrons. The zero-order chi connectivity index (χ0) is 11.6. The van der Waals surface area contributed by atoms with Gasteiger partial charge in [0, 0.05) is 5.56 Å². The van der Waals surface area contributed by atoms with Crippen molar-refractivity contribution in [3.8, 4) is 0 Å². The van der Waals surface area contributed by atoms with Crippen LogP contribution in [0.4, 0.5) is 8.78 Å². The molecular weight excluding hydrogens is 202 g/mol. The molecular formula is C10H12F2N2O. The molecule has 0 fully saturated rings. The number of nitrogens with one attached hydrogen (secondary N) is 1. The van der Waals surface area contributed by atoms with Gasteiger partial charge in [-0.25, -0.2) is 8.78 Å². The summed E-state index contributed by atoms with van der Waals surface area (Å²) in [6.45, 7) is 1.40. The molecule has 0 saturated heterocycles. The van der Waals surface area contributed by atoms with Gasteiger partial charge in [-0.1, -0.05) is 12.1 Å². The molecule has 0 aliphatic rings. The molecule has 1 amide bonds. The summed E-state index contributed by atoms with van der Waals surface area (Å²) in [5.41, 5.74) is 3.63. The van der Waals surface area contributed by atoms with E-state index in [0.717, 1.165) is 6.07 Å². The standard InChI is InChI=1S/C10H12F2N2O/c1-10(14-2,9(13)15)6-4-3-5-7(11)8(6)12/h3-5,14H,1-2H3,(H2,13,15). The highest BCUT2D eigenvalue weighted by atomic mass is 19.2. The van der Waals surface area contributed by atoms with Gasteiger partial charge in [0.1, 0.15) is 5.54 Å². The van der Waals surface area contributed by atoms with E-state index in [0.29, 0.717) is 0 Å². The molecule has 1 unspecified atom stereocenters. The lowest BCUT2D eigenvalue weighted by Gasteiger charge is -2.26. The number of carbonyl (C=O) groups is 1. The third kappa shape index (κ3) is 1.83. The average Bonchev–Trinajstić information content (AvgIpc) is 2.20. The van der Waals surface area contributed by atoms with Crippen LogP contribution in [0.15, 0.2) is 18.2 Å². The van der Waals surface area contributed by atoms with Crippen LogP contribution in [0.3, 0.4) is 0 Å². The molecule has 0 spiro atoms. The maximum atomic E-state index is 13.4. The predicted octanol–water partition coefficient (Wildman–Crippen LogP) is 0.885. The third-order valence-corrected chi connectivity index (χ3v) is 2.48. The van der Waals surface area contributed by atoms with Crippen LogP contribution in [-0.4, -0.2) is 13.0 Å². The van der Waals surface area contributed by atoms with Crippen LogP contribution in [-0.2, 0) is 10.3 Å². The summed E-state index contributed by atoms with van der Waals surface area (Å²) in [6.07, 6.45) is 0. The third-order valence-electron chi connectivity index (χ3n) is 2.48. The van der Waals surface area contributed by atoms with Crippen LogP contribution in [0.25, 0.3) is 0 Å². The van der Waals surface area contributed by atoms with Crippen LogP contribution in [0.1, 0.15) is 12.5 Å². The van der Waals surface area contributed by atoms with Gasteiger partial charge in [0.15, 0.2) is 11.6 Å². The van der Waals surface area contributed by atoms with Gasteiger partial charge >= 0.3 is 0 Å². The lowest BCUT2D eigenvalue weighted by Crippen LogP contribution is -2.49.